The van der Waals surface area contributed by atoms with E-state index in [4.69, 9.17) is 14.5 Å². The highest BCUT2D eigenvalue weighted by Gasteiger charge is 2.44. The predicted molar refractivity (Wildman–Crippen MR) is 177 cm³/mol. The number of aromatic nitrogens is 6. The molecule has 3 aromatic heterocycles. The zero-order chi connectivity index (χ0) is 31.8. The van der Waals surface area contributed by atoms with Crippen LogP contribution in [0.1, 0.15) is 56.6 Å². The summed E-state index contributed by atoms with van der Waals surface area (Å²) in [4.78, 5) is 30.0. The minimum atomic E-state index is -0.437. The number of hydrogen-bond acceptors (Lipinski definition) is 10. The van der Waals surface area contributed by atoms with Gasteiger partial charge in [0.05, 0.1) is 30.1 Å². The Kier molecular flexibility index (Phi) is 7.91. The van der Waals surface area contributed by atoms with Crippen LogP contribution in [0.2, 0.25) is 0 Å². The Morgan fingerprint density at radius 1 is 1.09 bits per heavy atom. The molecule has 46 heavy (non-hydrogen) atoms. The first-order valence-corrected chi connectivity index (χ1v) is 15.9. The fourth-order valence-corrected chi connectivity index (χ4v) is 6.83. The average Bonchev–Trinajstić information content (AvgIpc) is 3.69. The van der Waals surface area contributed by atoms with Gasteiger partial charge < -0.3 is 25.2 Å². The molecular formula is C34H39N9O3. The van der Waals surface area contributed by atoms with Gasteiger partial charge in [-0.2, -0.15) is 9.97 Å². The molecule has 238 valence electrons. The molecule has 3 aliphatic rings. The number of nitrogens with one attached hydrogen (secondary N) is 2. The van der Waals surface area contributed by atoms with E-state index in [1.165, 1.54) is 0 Å². The SMILES string of the molecule is C=CCn1c(=O)c2ccc(Nc3ncc(-c4nc(C56CCN(CC5)CC6)no4)c(NC(CO)c4ccccc4)n3)cc2n1C(C)C. The molecule has 2 aromatic carbocycles. The van der Waals surface area contributed by atoms with Gasteiger partial charge in [-0.05, 0) is 76.5 Å². The van der Waals surface area contributed by atoms with E-state index in [-0.39, 0.29) is 23.6 Å². The van der Waals surface area contributed by atoms with Crippen LogP contribution >= 0.6 is 0 Å². The summed E-state index contributed by atoms with van der Waals surface area (Å²) >= 11 is 0. The van der Waals surface area contributed by atoms with E-state index in [1.807, 2.05) is 67.1 Å². The van der Waals surface area contributed by atoms with Crippen LogP contribution in [0.5, 0.6) is 0 Å². The fraction of sp³-hybridized carbons (Fsp3) is 0.382. The number of nitrogens with zero attached hydrogens (tertiary/aromatic N) is 7. The first-order chi connectivity index (χ1) is 22.4. The van der Waals surface area contributed by atoms with Crippen molar-refractivity contribution < 1.29 is 9.63 Å². The molecule has 0 aliphatic carbocycles. The molecule has 1 atom stereocenters. The van der Waals surface area contributed by atoms with Gasteiger partial charge in [0.15, 0.2) is 5.82 Å². The van der Waals surface area contributed by atoms with E-state index in [0.29, 0.717) is 35.2 Å². The standard InChI is InChI=1S/C34H39N9O3/c1-4-15-42-31(45)25-11-10-24(19-28(25)43(42)22(2)3)36-33-35-20-26(29(38-33)37-27(21-44)23-8-6-5-7-9-23)30-39-32(40-46-30)34-12-16-41(17-13-34)18-14-34/h4-11,19-20,22,27,44H,1,12-18,21H2,2-3H3,(H2,35,36,37,38). The minimum absolute atomic E-state index is 0.0557. The first-order valence-electron chi connectivity index (χ1n) is 15.9. The van der Waals surface area contributed by atoms with E-state index < -0.39 is 6.04 Å². The predicted octanol–water partition coefficient (Wildman–Crippen LogP) is 5.04. The largest absolute Gasteiger partial charge is 0.394 e. The second kappa shape index (κ2) is 12.2. The molecule has 8 rings (SSSR count). The normalized spacial score (nSPS) is 19.9. The van der Waals surface area contributed by atoms with Gasteiger partial charge in [-0.3, -0.25) is 9.48 Å². The summed E-state index contributed by atoms with van der Waals surface area (Å²) in [6, 6.07) is 14.9. The summed E-state index contributed by atoms with van der Waals surface area (Å²) in [6.07, 6.45) is 6.44. The molecule has 1 unspecified atom stereocenters. The fourth-order valence-electron chi connectivity index (χ4n) is 6.83. The first kappa shape index (κ1) is 29.9. The zero-order valence-electron chi connectivity index (χ0n) is 26.2. The number of benzene rings is 2. The number of allylic oxidation sites excluding steroid dienone is 1. The maximum atomic E-state index is 13.1. The van der Waals surface area contributed by atoms with E-state index in [9.17, 15) is 9.90 Å². The summed E-state index contributed by atoms with van der Waals surface area (Å²) in [5.41, 5.74) is 2.86. The molecule has 3 saturated heterocycles. The van der Waals surface area contributed by atoms with E-state index in [2.05, 4.69) is 32.3 Å². The number of piperidine rings is 3. The highest BCUT2D eigenvalue weighted by molar-refractivity contribution is 5.83. The molecule has 0 saturated carbocycles. The molecule has 3 fully saturated rings. The van der Waals surface area contributed by atoms with Crippen LogP contribution in [0, 0.1) is 0 Å². The average molecular weight is 622 g/mol. The van der Waals surface area contributed by atoms with Crippen molar-refractivity contribution in [3.8, 4) is 11.5 Å². The van der Waals surface area contributed by atoms with Crippen molar-refractivity contribution in [2.75, 3.05) is 36.9 Å². The van der Waals surface area contributed by atoms with Crippen molar-refractivity contribution in [3.63, 3.8) is 0 Å². The van der Waals surface area contributed by atoms with Gasteiger partial charge in [-0.25, -0.2) is 9.67 Å². The lowest BCUT2D eigenvalue weighted by Gasteiger charge is -2.46. The maximum Gasteiger partial charge on any atom is 0.274 e. The summed E-state index contributed by atoms with van der Waals surface area (Å²) in [5, 5.41) is 22.2. The molecule has 0 amide bonds. The van der Waals surface area contributed by atoms with Crippen molar-refractivity contribution in [1.29, 1.82) is 0 Å². The number of aliphatic hydroxyl groups is 1. The van der Waals surface area contributed by atoms with E-state index in [0.717, 1.165) is 61.5 Å². The quantitative estimate of drug-likeness (QED) is 0.172. The lowest BCUT2D eigenvalue weighted by atomic mass is 9.71. The number of hydrogen-bond donors (Lipinski definition) is 3. The van der Waals surface area contributed by atoms with Crippen LogP contribution < -0.4 is 16.2 Å². The Bertz CT molecular complexity index is 1910. The second-order valence-electron chi connectivity index (χ2n) is 12.5. The van der Waals surface area contributed by atoms with Crippen molar-refractivity contribution >= 4 is 28.4 Å². The lowest BCUT2D eigenvalue weighted by molar-refractivity contribution is 0.0747. The third kappa shape index (κ3) is 5.37. The summed E-state index contributed by atoms with van der Waals surface area (Å²) < 4.78 is 9.55. The molecule has 2 bridgehead atoms. The molecule has 3 aliphatic heterocycles. The smallest absolute Gasteiger partial charge is 0.274 e. The third-order valence-corrected chi connectivity index (χ3v) is 9.35. The Morgan fingerprint density at radius 3 is 2.54 bits per heavy atom. The summed E-state index contributed by atoms with van der Waals surface area (Å²) in [5.74, 6) is 1.85. The van der Waals surface area contributed by atoms with Crippen molar-refractivity contribution in [1.82, 2.24) is 34.4 Å². The molecule has 0 spiro atoms. The second-order valence-corrected chi connectivity index (χ2v) is 12.5. The number of aliphatic hydroxyl groups excluding tert-OH is 1. The van der Waals surface area contributed by atoms with Crippen molar-refractivity contribution in [2.45, 2.75) is 57.2 Å². The van der Waals surface area contributed by atoms with Gasteiger partial charge in [0.25, 0.3) is 11.4 Å². The topological polar surface area (TPSA) is 139 Å². The van der Waals surface area contributed by atoms with Gasteiger partial charge in [0.2, 0.25) is 5.95 Å². The van der Waals surface area contributed by atoms with Crippen LogP contribution in [0.3, 0.4) is 0 Å². The van der Waals surface area contributed by atoms with E-state index in [1.54, 1.807) is 17.0 Å². The lowest BCUT2D eigenvalue weighted by Crippen LogP contribution is -2.51. The number of anilines is 3. The molecule has 12 nitrogen and oxygen atoms in total. The van der Waals surface area contributed by atoms with Crippen molar-refractivity contribution in [3.05, 3.63) is 89.1 Å². The molecule has 5 aromatic rings. The van der Waals surface area contributed by atoms with Gasteiger partial charge in [0.1, 0.15) is 11.4 Å². The molecule has 3 N–H and O–H groups in total. The minimum Gasteiger partial charge on any atom is -0.394 e. The Morgan fingerprint density at radius 2 is 1.85 bits per heavy atom. The molecule has 12 heteroatoms. The van der Waals surface area contributed by atoms with Crippen LogP contribution in [-0.4, -0.2) is 65.7 Å². The van der Waals surface area contributed by atoms with Crippen LogP contribution in [0.25, 0.3) is 22.4 Å². The zero-order valence-corrected chi connectivity index (χ0v) is 26.2. The monoisotopic (exact) mass is 621 g/mol. The molecule has 6 heterocycles. The van der Waals surface area contributed by atoms with Crippen LogP contribution in [0.4, 0.5) is 17.5 Å². The van der Waals surface area contributed by atoms with Gasteiger partial charge in [0, 0.05) is 23.3 Å². The Labute approximate surface area is 266 Å². The van der Waals surface area contributed by atoms with Gasteiger partial charge >= 0.3 is 0 Å². The van der Waals surface area contributed by atoms with Crippen LogP contribution in [0.15, 0.2) is 76.7 Å². The Balaban J connectivity index is 1.25. The van der Waals surface area contributed by atoms with Gasteiger partial charge in [-0.1, -0.05) is 41.6 Å². The van der Waals surface area contributed by atoms with Crippen molar-refractivity contribution in [2.24, 2.45) is 0 Å². The van der Waals surface area contributed by atoms with Gasteiger partial charge in [-0.15, -0.1) is 6.58 Å². The number of rotatable bonds is 11. The number of fused-ring (bicyclic) bond motifs is 4. The highest BCUT2D eigenvalue weighted by atomic mass is 16.5. The molecular weight excluding hydrogens is 582 g/mol. The van der Waals surface area contributed by atoms with Crippen LogP contribution in [-0.2, 0) is 12.0 Å². The Hall–Kier alpha value is -4.81. The summed E-state index contributed by atoms with van der Waals surface area (Å²) in [7, 11) is 0. The summed E-state index contributed by atoms with van der Waals surface area (Å²) in [6.45, 7) is 11.3. The third-order valence-electron chi connectivity index (χ3n) is 9.35. The maximum absolute atomic E-state index is 13.1. The molecule has 0 radical (unpaired) electrons. The highest BCUT2D eigenvalue weighted by Crippen LogP contribution is 2.42. The van der Waals surface area contributed by atoms with E-state index >= 15 is 0 Å².